The number of carbonyl (C=O) groups is 1. The van der Waals surface area contributed by atoms with Crippen molar-refractivity contribution >= 4 is 5.91 Å². The molecule has 0 N–H and O–H groups in total. The molecule has 2 aliphatic rings. The van der Waals surface area contributed by atoms with E-state index in [9.17, 15) is 4.79 Å². The van der Waals surface area contributed by atoms with E-state index < -0.39 is 0 Å². The highest BCUT2D eigenvalue weighted by atomic mass is 16.2. The first-order valence-electron chi connectivity index (χ1n) is 8.35. The highest BCUT2D eigenvalue weighted by Crippen LogP contribution is 2.29. The average molecular weight is 291 g/mol. The van der Waals surface area contributed by atoms with Gasteiger partial charge in [-0.15, -0.1) is 0 Å². The highest BCUT2D eigenvalue weighted by molar-refractivity contribution is 5.74. The van der Waals surface area contributed by atoms with Gasteiger partial charge in [-0.05, 0) is 65.5 Å². The Balaban J connectivity index is 1.80. The maximum Gasteiger partial charge on any atom is 0.219 e. The molecular formula is C17H29N3O. The van der Waals surface area contributed by atoms with Crippen LogP contribution >= 0.6 is 0 Å². The predicted molar refractivity (Wildman–Crippen MR) is 83.6 cm³/mol. The molecule has 1 unspecified atom stereocenters. The zero-order valence-electron chi connectivity index (χ0n) is 13.8. The Morgan fingerprint density at radius 3 is 2.67 bits per heavy atom. The lowest BCUT2D eigenvalue weighted by Crippen LogP contribution is -2.43. The molecule has 1 saturated heterocycles. The molecule has 0 bridgehead atoms. The van der Waals surface area contributed by atoms with Crippen LogP contribution in [0.2, 0.25) is 0 Å². The van der Waals surface area contributed by atoms with Crippen LogP contribution in [0, 0.1) is 16.7 Å². The number of carbonyl (C=O) groups excluding carboxylic acids is 1. The molecule has 0 aromatic heterocycles. The Morgan fingerprint density at radius 2 is 2.10 bits per heavy atom. The molecule has 0 aromatic rings. The molecule has 1 saturated carbocycles. The van der Waals surface area contributed by atoms with Crippen LogP contribution in [0.25, 0.3) is 0 Å². The molecule has 0 aromatic carbocycles. The topological polar surface area (TPSA) is 47.3 Å². The second kappa shape index (κ2) is 6.79. The van der Waals surface area contributed by atoms with E-state index in [1.165, 1.54) is 25.7 Å². The van der Waals surface area contributed by atoms with Crippen molar-refractivity contribution in [3.8, 4) is 6.07 Å². The van der Waals surface area contributed by atoms with Crippen LogP contribution in [0.3, 0.4) is 0 Å². The fraction of sp³-hybridized carbons (Fsp3) is 0.882. The lowest BCUT2D eigenvalue weighted by Gasteiger charge is -2.31. The fourth-order valence-corrected chi connectivity index (χ4v) is 3.32. The van der Waals surface area contributed by atoms with Gasteiger partial charge in [0.25, 0.3) is 0 Å². The molecule has 1 amide bonds. The Kier molecular flexibility index (Phi) is 5.27. The van der Waals surface area contributed by atoms with Gasteiger partial charge in [-0.3, -0.25) is 9.69 Å². The maximum absolute atomic E-state index is 11.8. The van der Waals surface area contributed by atoms with Gasteiger partial charge in [0.05, 0.1) is 11.5 Å². The summed E-state index contributed by atoms with van der Waals surface area (Å²) in [5.74, 6) is 0.231. The van der Waals surface area contributed by atoms with E-state index in [4.69, 9.17) is 5.26 Å². The molecule has 1 heterocycles. The zero-order chi connectivity index (χ0) is 15.5. The molecule has 4 heteroatoms. The third-order valence-corrected chi connectivity index (χ3v) is 4.85. The highest BCUT2D eigenvalue weighted by Gasteiger charge is 2.35. The molecule has 118 valence electrons. The molecular weight excluding hydrogens is 262 g/mol. The third kappa shape index (κ3) is 4.71. The molecule has 0 radical (unpaired) electrons. The van der Waals surface area contributed by atoms with Crippen LogP contribution in [0.15, 0.2) is 0 Å². The van der Waals surface area contributed by atoms with Crippen molar-refractivity contribution in [1.29, 1.82) is 5.26 Å². The quantitative estimate of drug-likeness (QED) is 0.724. The monoisotopic (exact) mass is 291 g/mol. The summed E-state index contributed by atoms with van der Waals surface area (Å²) in [4.78, 5) is 16.4. The van der Waals surface area contributed by atoms with Gasteiger partial charge in [0.2, 0.25) is 5.91 Å². The van der Waals surface area contributed by atoms with Crippen LogP contribution in [0.1, 0.15) is 59.3 Å². The SMILES string of the molecule is CC(=O)N(CC1CCCN1CCCC(C)(C)C#N)C1CC1. The van der Waals surface area contributed by atoms with Crippen LogP contribution in [-0.2, 0) is 4.79 Å². The van der Waals surface area contributed by atoms with Crippen molar-refractivity contribution in [3.05, 3.63) is 0 Å². The first-order valence-corrected chi connectivity index (χ1v) is 8.35. The van der Waals surface area contributed by atoms with Crippen molar-refractivity contribution in [2.45, 2.75) is 71.4 Å². The van der Waals surface area contributed by atoms with Crippen molar-refractivity contribution in [1.82, 2.24) is 9.80 Å². The normalized spacial score (nSPS) is 23.0. The van der Waals surface area contributed by atoms with Crippen molar-refractivity contribution < 1.29 is 4.79 Å². The number of hydrogen-bond acceptors (Lipinski definition) is 3. The van der Waals surface area contributed by atoms with E-state index in [1.54, 1.807) is 6.92 Å². The van der Waals surface area contributed by atoms with Crippen LogP contribution < -0.4 is 0 Å². The number of likely N-dealkylation sites (tertiary alicyclic amines) is 1. The number of rotatable bonds is 7. The lowest BCUT2D eigenvalue weighted by atomic mass is 9.90. The molecule has 2 fully saturated rings. The molecule has 2 rings (SSSR count). The maximum atomic E-state index is 11.8. The predicted octanol–water partition coefficient (Wildman–Crippen LogP) is 2.79. The summed E-state index contributed by atoms with van der Waals surface area (Å²) in [7, 11) is 0. The molecule has 21 heavy (non-hydrogen) atoms. The van der Waals surface area contributed by atoms with Crippen LogP contribution in [0.4, 0.5) is 0 Å². The van der Waals surface area contributed by atoms with Gasteiger partial charge in [-0.25, -0.2) is 0 Å². The molecule has 1 atom stereocenters. The largest absolute Gasteiger partial charge is 0.338 e. The van der Waals surface area contributed by atoms with E-state index in [-0.39, 0.29) is 11.3 Å². The van der Waals surface area contributed by atoms with Crippen LogP contribution in [0.5, 0.6) is 0 Å². The summed E-state index contributed by atoms with van der Waals surface area (Å²) in [6.45, 7) is 8.84. The number of amides is 1. The van der Waals surface area contributed by atoms with E-state index in [0.717, 1.165) is 32.5 Å². The summed E-state index contributed by atoms with van der Waals surface area (Å²) >= 11 is 0. The summed E-state index contributed by atoms with van der Waals surface area (Å²) in [5.41, 5.74) is -0.214. The standard InChI is InChI=1S/C17H29N3O/c1-14(21)20(15-7-8-15)12-16-6-4-10-19(16)11-5-9-17(2,3)13-18/h15-16H,4-12H2,1-3H3. The number of hydrogen-bond donors (Lipinski definition) is 0. The fourth-order valence-electron chi connectivity index (χ4n) is 3.32. The molecule has 0 spiro atoms. The van der Waals surface area contributed by atoms with Gasteiger partial charge in [0.15, 0.2) is 0 Å². The smallest absolute Gasteiger partial charge is 0.219 e. The zero-order valence-corrected chi connectivity index (χ0v) is 13.8. The van der Waals surface area contributed by atoms with Gasteiger partial charge in [-0.1, -0.05) is 0 Å². The average Bonchev–Trinajstić information content (AvgIpc) is 3.17. The Hall–Kier alpha value is -1.08. The number of nitriles is 1. The molecule has 1 aliphatic carbocycles. The molecule has 1 aliphatic heterocycles. The second-order valence-electron chi connectivity index (χ2n) is 7.33. The van der Waals surface area contributed by atoms with Gasteiger partial charge in [-0.2, -0.15) is 5.26 Å². The van der Waals surface area contributed by atoms with E-state index >= 15 is 0 Å². The lowest BCUT2D eigenvalue weighted by molar-refractivity contribution is -0.130. The Morgan fingerprint density at radius 1 is 1.38 bits per heavy atom. The van der Waals surface area contributed by atoms with Gasteiger partial charge in [0, 0.05) is 25.6 Å². The summed E-state index contributed by atoms with van der Waals surface area (Å²) < 4.78 is 0. The van der Waals surface area contributed by atoms with Gasteiger partial charge >= 0.3 is 0 Å². The first kappa shape index (κ1) is 16.3. The van der Waals surface area contributed by atoms with E-state index in [2.05, 4.69) is 15.9 Å². The van der Waals surface area contributed by atoms with E-state index in [1.807, 2.05) is 13.8 Å². The van der Waals surface area contributed by atoms with Crippen molar-refractivity contribution in [2.24, 2.45) is 5.41 Å². The third-order valence-electron chi connectivity index (χ3n) is 4.85. The van der Waals surface area contributed by atoms with Crippen molar-refractivity contribution in [3.63, 3.8) is 0 Å². The van der Waals surface area contributed by atoms with Gasteiger partial charge in [0.1, 0.15) is 0 Å². The Bertz CT molecular complexity index is 409. The van der Waals surface area contributed by atoms with Gasteiger partial charge < -0.3 is 4.90 Å². The van der Waals surface area contributed by atoms with Crippen LogP contribution in [-0.4, -0.2) is 47.4 Å². The second-order valence-corrected chi connectivity index (χ2v) is 7.33. The molecule has 4 nitrogen and oxygen atoms in total. The summed E-state index contributed by atoms with van der Waals surface area (Å²) in [6, 6.07) is 3.42. The van der Waals surface area contributed by atoms with Crippen molar-refractivity contribution in [2.75, 3.05) is 19.6 Å². The van der Waals surface area contributed by atoms with E-state index in [0.29, 0.717) is 12.1 Å². The minimum atomic E-state index is -0.214. The minimum absolute atomic E-state index is 0.214. The minimum Gasteiger partial charge on any atom is -0.338 e. The summed E-state index contributed by atoms with van der Waals surface area (Å²) in [6.07, 6.45) is 6.83. The first-order chi connectivity index (χ1) is 9.93. The summed E-state index contributed by atoms with van der Waals surface area (Å²) in [5, 5.41) is 9.08. The Labute approximate surface area is 129 Å². The number of nitrogens with zero attached hydrogens (tertiary/aromatic N) is 3.